The van der Waals surface area contributed by atoms with Crippen molar-refractivity contribution in [3.8, 4) is 5.75 Å². The highest BCUT2D eigenvalue weighted by atomic mass is 19.1. The molecule has 100 valence electrons. The van der Waals surface area contributed by atoms with E-state index in [1.165, 1.54) is 6.07 Å². The lowest BCUT2D eigenvalue weighted by atomic mass is 10.2. The molecule has 3 nitrogen and oxygen atoms in total. The fourth-order valence-corrected chi connectivity index (χ4v) is 1.90. The number of anilines is 3. The molecule has 0 bridgehead atoms. The van der Waals surface area contributed by atoms with Crippen LogP contribution < -0.4 is 15.8 Å². The molecule has 2 rings (SSSR count). The van der Waals surface area contributed by atoms with E-state index >= 15 is 0 Å². The van der Waals surface area contributed by atoms with Crippen molar-refractivity contribution in [1.82, 2.24) is 0 Å². The van der Waals surface area contributed by atoms with E-state index in [1.54, 1.807) is 18.2 Å². The fraction of sp³-hybridized carbons (Fsp3) is 0.200. The van der Waals surface area contributed by atoms with E-state index in [1.807, 2.05) is 26.0 Å². The summed E-state index contributed by atoms with van der Waals surface area (Å²) in [5, 5.41) is 3.12. The molecule has 0 radical (unpaired) electrons. The van der Waals surface area contributed by atoms with Gasteiger partial charge in [-0.3, -0.25) is 0 Å². The van der Waals surface area contributed by atoms with Crippen LogP contribution in [0.3, 0.4) is 0 Å². The number of benzene rings is 2. The van der Waals surface area contributed by atoms with Gasteiger partial charge in [0.25, 0.3) is 0 Å². The minimum Gasteiger partial charge on any atom is -0.491 e. The quantitative estimate of drug-likeness (QED) is 0.821. The van der Waals surface area contributed by atoms with Crippen LogP contribution in [-0.4, -0.2) is 6.61 Å². The molecule has 0 aliphatic rings. The fourth-order valence-electron chi connectivity index (χ4n) is 1.90. The zero-order valence-corrected chi connectivity index (χ0v) is 11.0. The van der Waals surface area contributed by atoms with Crippen molar-refractivity contribution in [3.63, 3.8) is 0 Å². The second-order valence-electron chi connectivity index (χ2n) is 4.34. The molecule has 0 saturated heterocycles. The lowest BCUT2D eigenvalue weighted by molar-refractivity contribution is 0.321. The van der Waals surface area contributed by atoms with Crippen molar-refractivity contribution in [1.29, 1.82) is 0 Å². The van der Waals surface area contributed by atoms with Gasteiger partial charge in [-0.2, -0.15) is 0 Å². The second kappa shape index (κ2) is 5.61. The Hall–Kier alpha value is -2.23. The van der Waals surface area contributed by atoms with E-state index in [4.69, 9.17) is 10.5 Å². The number of nitrogens with one attached hydrogen (secondary N) is 1. The molecular weight excluding hydrogens is 243 g/mol. The van der Waals surface area contributed by atoms with Crippen LogP contribution in [0.4, 0.5) is 21.5 Å². The smallest absolute Gasteiger partial charge is 0.167 e. The molecule has 2 aromatic rings. The van der Waals surface area contributed by atoms with Crippen LogP contribution in [-0.2, 0) is 0 Å². The van der Waals surface area contributed by atoms with Crippen molar-refractivity contribution in [2.75, 3.05) is 17.7 Å². The molecule has 0 aliphatic carbocycles. The van der Waals surface area contributed by atoms with Gasteiger partial charge in [0.05, 0.1) is 6.61 Å². The summed E-state index contributed by atoms with van der Waals surface area (Å²) in [6.07, 6.45) is 0. The largest absolute Gasteiger partial charge is 0.491 e. The minimum atomic E-state index is -0.382. The molecule has 0 aromatic heterocycles. The zero-order chi connectivity index (χ0) is 13.8. The molecule has 19 heavy (non-hydrogen) atoms. The summed E-state index contributed by atoms with van der Waals surface area (Å²) in [4.78, 5) is 0. The Labute approximate surface area is 112 Å². The summed E-state index contributed by atoms with van der Waals surface area (Å²) < 4.78 is 18.9. The van der Waals surface area contributed by atoms with Gasteiger partial charge in [0.2, 0.25) is 0 Å². The molecule has 2 aromatic carbocycles. The summed E-state index contributed by atoms with van der Waals surface area (Å²) in [7, 11) is 0. The van der Waals surface area contributed by atoms with Crippen molar-refractivity contribution in [3.05, 3.63) is 47.8 Å². The van der Waals surface area contributed by atoms with Crippen molar-refractivity contribution in [2.24, 2.45) is 0 Å². The molecule has 0 spiro atoms. The molecule has 4 heteroatoms. The second-order valence-corrected chi connectivity index (χ2v) is 4.34. The first-order valence-corrected chi connectivity index (χ1v) is 6.15. The first-order valence-electron chi connectivity index (χ1n) is 6.15. The van der Waals surface area contributed by atoms with E-state index in [-0.39, 0.29) is 11.6 Å². The Morgan fingerprint density at radius 2 is 1.95 bits per heavy atom. The molecule has 0 fully saturated rings. The number of rotatable bonds is 4. The molecule has 0 heterocycles. The monoisotopic (exact) mass is 260 g/mol. The summed E-state index contributed by atoms with van der Waals surface area (Å²) in [5.74, 6) is -0.121. The van der Waals surface area contributed by atoms with Crippen molar-refractivity contribution in [2.45, 2.75) is 13.8 Å². The number of halogens is 1. The predicted octanol–water partition coefficient (Wildman–Crippen LogP) is 3.86. The summed E-state index contributed by atoms with van der Waals surface area (Å²) in [5.41, 5.74) is 8.99. The van der Waals surface area contributed by atoms with Crippen molar-refractivity contribution < 1.29 is 9.13 Å². The summed E-state index contributed by atoms with van der Waals surface area (Å²) >= 11 is 0. The van der Waals surface area contributed by atoms with E-state index in [0.717, 1.165) is 11.3 Å². The zero-order valence-electron chi connectivity index (χ0n) is 11.0. The number of nitrogens with two attached hydrogens (primary N) is 1. The third-order valence-corrected chi connectivity index (χ3v) is 2.62. The van der Waals surface area contributed by atoms with Gasteiger partial charge in [-0.25, -0.2) is 4.39 Å². The van der Waals surface area contributed by atoms with Gasteiger partial charge in [-0.05, 0) is 49.7 Å². The Morgan fingerprint density at radius 1 is 1.16 bits per heavy atom. The molecule has 0 atom stereocenters. The first kappa shape index (κ1) is 13.2. The van der Waals surface area contributed by atoms with Gasteiger partial charge < -0.3 is 15.8 Å². The number of aryl methyl sites for hydroxylation is 1. The van der Waals surface area contributed by atoms with E-state index < -0.39 is 0 Å². The highest BCUT2D eigenvalue weighted by Gasteiger charge is 2.05. The lowest BCUT2D eigenvalue weighted by Crippen LogP contribution is -1.97. The molecule has 0 unspecified atom stereocenters. The van der Waals surface area contributed by atoms with E-state index in [2.05, 4.69) is 5.32 Å². The molecule has 3 N–H and O–H groups in total. The lowest BCUT2D eigenvalue weighted by Gasteiger charge is -2.10. The van der Waals surface area contributed by atoms with Crippen LogP contribution in [0.1, 0.15) is 12.5 Å². The first-order chi connectivity index (χ1) is 9.08. The molecular formula is C15H17FN2O. The maximum atomic E-state index is 13.7. The van der Waals surface area contributed by atoms with Gasteiger partial charge in [-0.15, -0.1) is 0 Å². The number of nitrogen functional groups attached to an aromatic ring is 1. The Morgan fingerprint density at radius 3 is 2.58 bits per heavy atom. The predicted molar refractivity (Wildman–Crippen MR) is 76.4 cm³/mol. The van der Waals surface area contributed by atoms with Gasteiger partial charge >= 0.3 is 0 Å². The highest BCUT2D eigenvalue weighted by Crippen LogP contribution is 2.25. The summed E-state index contributed by atoms with van der Waals surface area (Å²) in [6.45, 7) is 4.22. The third-order valence-electron chi connectivity index (χ3n) is 2.62. The minimum absolute atomic E-state index is 0.261. The normalized spacial score (nSPS) is 10.3. The third kappa shape index (κ3) is 3.37. The average molecular weight is 260 g/mol. The topological polar surface area (TPSA) is 47.3 Å². The maximum Gasteiger partial charge on any atom is 0.167 e. The van der Waals surface area contributed by atoms with E-state index in [9.17, 15) is 4.39 Å². The molecule has 0 aliphatic heterocycles. The summed E-state index contributed by atoms with van der Waals surface area (Å²) in [6, 6.07) is 10.4. The maximum absolute atomic E-state index is 13.7. The van der Waals surface area contributed by atoms with Gasteiger partial charge in [-0.1, -0.05) is 0 Å². The van der Waals surface area contributed by atoms with Crippen LogP contribution in [0.15, 0.2) is 36.4 Å². The average Bonchev–Trinajstić information content (AvgIpc) is 2.31. The standard InChI is InChI=1S/C15H17FN2O/c1-3-19-15-5-4-12(9-14(15)16)18-13-7-10(2)6-11(17)8-13/h4-9,18H,3,17H2,1-2H3. The van der Waals surface area contributed by atoms with Crippen molar-refractivity contribution >= 4 is 17.1 Å². The van der Waals surface area contributed by atoms with Crippen LogP contribution in [0.5, 0.6) is 5.75 Å². The Bertz CT molecular complexity index is 564. The van der Waals surface area contributed by atoms with Crippen LogP contribution >= 0.6 is 0 Å². The number of ether oxygens (including phenoxy) is 1. The van der Waals surface area contributed by atoms with Gasteiger partial charge in [0.15, 0.2) is 11.6 Å². The Balaban J connectivity index is 2.21. The van der Waals surface area contributed by atoms with Crippen LogP contribution in [0.25, 0.3) is 0 Å². The Kier molecular flexibility index (Phi) is 3.90. The number of hydrogen-bond acceptors (Lipinski definition) is 3. The van der Waals surface area contributed by atoms with E-state index in [0.29, 0.717) is 18.0 Å². The van der Waals surface area contributed by atoms with Crippen LogP contribution in [0, 0.1) is 12.7 Å². The van der Waals surface area contributed by atoms with Crippen LogP contribution in [0.2, 0.25) is 0 Å². The highest BCUT2D eigenvalue weighted by molar-refractivity contribution is 5.65. The van der Waals surface area contributed by atoms with Gasteiger partial charge in [0, 0.05) is 23.1 Å². The SMILES string of the molecule is CCOc1ccc(Nc2cc(C)cc(N)c2)cc1F. The van der Waals surface area contributed by atoms with Gasteiger partial charge in [0.1, 0.15) is 0 Å². The molecule has 0 amide bonds. The molecule has 0 saturated carbocycles. The number of hydrogen-bond donors (Lipinski definition) is 2.